The van der Waals surface area contributed by atoms with Gasteiger partial charge in [-0.3, -0.25) is 9.59 Å². The quantitative estimate of drug-likeness (QED) is 0.519. The van der Waals surface area contributed by atoms with E-state index in [4.69, 9.17) is 9.47 Å². The van der Waals surface area contributed by atoms with Crippen LogP contribution in [0.4, 0.5) is 0 Å². The van der Waals surface area contributed by atoms with E-state index in [1.165, 1.54) is 5.56 Å². The number of dihydropyridines is 1. The summed E-state index contributed by atoms with van der Waals surface area (Å²) in [4.78, 5) is 26.2. The molecule has 0 unspecified atom stereocenters. The number of rotatable bonds is 5. The summed E-state index contributed by atoms with van der Waals surface area (Å²) >= 11 is 3.67. The molecule has 5 rings (SSSR count). The van der Waals surface area contributed by atoms with Crippen LogP contribution in [0.3, 0.4) is 0 Å². The Labute approximate surface area is 208 Å². The Balaban J connectivity index is 1.55. The number of carbonyl (C=O) groups is 2. The fourth-order valence-corrected chi connectivity index (χ4v) is 5.78. The summed E-state index contributed by atoms with van der Waals surface area (Å²) in [6.45, 7) is 2.46. The maximum atomic E-state index is 13.1. The van der Waals surface area contributed by atoms with Crippen LogP contribution in [0.1, 0.15) is 61.1 Å². The summed E-state index contributed by atoms with van der Waals surface area (Å²) in [6, 6.07) is 12.1. The lowest BCUT2D eigenvalue weighted by molar-refractivity contribution is -0.116. The average molecular weight is 522 g/mol. The molecule has 0 aromatic heterocycles. The predicted molar refractivity (Wildman–Crippen MR) is 134 cm³/mol. The normalized spacial score (nSPS) is 18.4. The van der Waals surface area contributed by atoms with Gasteiger partial charge in [-0.1, -0.05) is 29.8 Å². The number of hydrogen-bond donors (Lipinski definition) is 1. The second-order valence-corrected chi connectivity index (χ2v) is 10.1. The molecular formula is C28H28BrNO4. The highest BCUT2D eigenvalue weighted by Gasteiger charge is 2.40. The Kier molecular flexibility index (Phi) is 6.34. The molecule has 34 heavy (non-hydrogen) atoms. The summed E-state index contributed by atoms with van der Waals surface area (Å²) < 4.78 is 12.6. The molecule has 1 heterocycles. The highest BCUT2D eigenvalue weighted by Crippen LogP contribution is 2.48. The molecule has 2 aromatic rings. The van der Waals surface area contributed by atoms with Gasteiger partial charge in [0.1, 0.15) is 6.61 Å². The lowest BCUT2D eigenvalue weighted by atomic mass is 9.71. The van der Waals surface area contributed by atoms with Gasteiger partial charge >= 0.3 is 0 Å². The van der Waals surface area contributed by atoms with E-state index in [2.05, 4.69) is 40.3 Å². The van der Waals surface area contributed by atoms with Crippen molar-refractivity contribution in [2.45, 2.75) is 58.0 Å². The van der Waals surface area contributed by atoms with E-state index in [1.54, 1.807) is 7.11 Å². The molecule has 1 aliphatic heterocycles. The maximum Gasteiger partial charge on any atom is 0.175 e. The number of Topliss-reactive ketones (excluding diaryl/α,β-unsaturated/α-hetero) is 2. The minimum atomic E-state index is -0.372. The number of methoxy groups -OCH3 is 1. The zero-order chi connectivity index (χ0) is 23.8. The van der Waals surface area contributed by atoms with E-state index in [9.17, 15) is 9.59 Å². The first-order valence-corrected chi connectivity index (χ1v) is 12.6. The predicted octanol–water partition coefficient (Wildman–Crippen LogP) is 6.05. The van der Waals surface area contributed by atoms with E-state index in [1.807, 2.05) is 24.3 Å². The van der Waals surface area contributed by atoms with E-state index in [0.29, 0.717) is 30.9 Å². The third-order valence-electron chi connectivity index (χ3n) is 6.88. The van der Waals surface area contributed by atoms with Crippen LogP contribution in [0.25, 0.3) is 0 Å². The van der Waals surface area contributed by atoms with E-state index in [-0.39, 0.29) is 17.5 Å². The van der Waals surface area contributed by atoms with Crippen LogP contribution in [-0.4, -0.2) is 18.7 Å². The number of nitrogens with one attached hydrogen (secondary N) is 1. The molecule has 176 valence electrons. The number of allylic oxidation sites excluding steroid dienone is 4. The highest BCUT2D eigenvalue weighted by atomic mass is 79.9. The number of ether oxygens (including phenoxy) is 2. The Morgan fingerprint density at radius 2 is 1.56 bits per heavy atom. The van der Waals surface area contributed by atoms with E-state index >= 15 is 0 Å². The molecule has 6 heteroatoms. The van der Waals surface area contributed by atoms with Crippen molar-refractivity contribution in [1.82, 2.24) is 5.32 Å². The first-order valence-electron chi connectivity index (χ1n) is 11.8. The van der Waals surface area contributed by atoms with Gasteiger partial charge in [-0.05, 0) is 71.8 Å². The molecule has 2 aliphatic carbocycles. The van der Waals surface area contributed by atoms with Crippen molar-refractivity contribution in [1.29, 1.82) is 0 Å². The van der Waals surface area contributed by atoms with E-state index in [0.717, 1.165) is 63.8 Å². The molecule has 1 N–H and O–H groups in total. The molecule has 0 atom stereocenters. The highest BCUT2D eigenvalue weighted by molar-refractivity contribution is 9.10. The van der Waals surface area contributed by atoms with Crippen molar-refractivity contribution in [2.75, 3.05) is 7.11 Å². The summed E-state index contributed by atoms with van der Waals surface area (Å²) in [7, 11) is 1.61. The minimum absolute atomic E-state index is 0.124. The number of aryl methyl sites for hydroxylation is 1. The zero-order valence-electron chi connectivity index (χ0n) is 19.5. The van der Waals surface area contributed by atoms with Crippen molar-refractivity contribution in [3.63, 3.8) is 0 Å². The number of ketones is 2. The van der Waals surface area contributed by atoms with Crippen LogP contribution in [0.15, 0.2) is 63.4 Å². The summed E-state index contributed by atoms with van der Waals surface area (Å²) in [5.74, 6) is 1.06. The molecule has 0 fully saturated rings. The average Bonchev–Trinajstić information content (AvgIpc) is 2.83. The topological polar surface area (TPSA) is 64.6 Å². The third kappa shape index (κ3) is 4.20. The summed E-state index contributed by atoms with van der Waals surface area (Å²) in [6.07, 6.45) is 4.38. The molecule has 0 bridgehead atoms. The fraction of sp³-hybridized carbons (Fsp3) is 0.357. The number of benzene rings is 2. The van der Waals surface area contributed by atoms with Crippen LogP contribution in [0.5, 0.6) is 11.5 Å². The monoisotopic (exact) mass is 521 g/mol. The standard InChI is InChI=1S/C28H28BrNO4/c1-16-9-11-17(12-10-16)15-34-28-19(29)13-18(14-24(28)33-2)25-26-20(5-3-7-22(26)31)30-21-6-4-8-23(32)27(21)25/h9-14,25,30H,3-8,15H2,1-2H3. The molecule has 0 radical (unpaired) electrons. The van der Waals surface area contributed by atoms with Crippen molar-refractivity contribution < 1.29 is 19.1 Å². The van der Waals surface area contributed by atoms with Gasteiger partial charge in [0.05, 0.1) is 11.6 Å². The molecule has 0 spiro atoms. The lowest BCUT2D eigenvalue weighted by Gasteiger charge is -2.37. The minimum Gasteiger partial charge on any atom is -0.493 e. The lowest BCUT2D eigenvalue weighted by Crippen LogP contribution is -2.36. The first-order chi connectivity index (χ1) is 16.5. The van der Waals surface area contributed by atoms with E-state index < -0.39 is 0 Å². The van der Waals surface area contributed by atoms with Crippen molar-refractivity contribution >= 4 is 27.5 Å². The first kappa shape index (κ1) is 22.9. The van der Waals surface area contributed by atoms with Crippen molar-refractivity contribution in [3.8, 4) is 11.5 Å². The number of carbonyl (C=O) groups excluding carboxylic acids is 2. The molecule has 3 aliphatic rings. The largest absolute Gasteiger partial charge is 0.493 e. The van der Waals surface area contributed by atoms with Gasteiger partial charge in [-0.2, -0.15) is 0 Å². The van der Waals surface area contributed by atoms with Gasteiger partial charge in [-0.25, -0.2) is 0 Å². The fourth-order valence-electron chi connectivity index (χ4n) is 5.20. The Hall–Kier alpha value is -2.86. The molecular weight excluding hydrogens is 494 g/mol. The van der Waals surface area contributed by atoms with Crippen LogP contribution < -0.4 is 14.8 Å². The van der Waals surface area contributed by atoms with Crippen molar-refractivity contribution in [2.24, 2.45) is 0 Å². The van der Waals surface area contributed by atoms with Gasteiger partial charge in [-0.15, -0.1) is 0 Å². The second-order valence-electron chi connectivity index (χ2n) is 9.20. The smallest absolute Gasteiger partial charge is 0.175 e. The maximum absolute atomic E-state index is 13.1. The van der Waals surface area contributed by atoms with Crippen LogP contribution in [0, 0.1) is 6.92 Å². The third-order valence-corrected chi connectivity index (χ3v) is 7.47. The van der Waals surface area contributed by atoms with Gasteiger partial charge in [0, 0.05) is 41.3 Å². The molecule has 2 aromatic carbocycles. The zero-order valence-corrected chi connectivity index (χ0v) is 21.1. The Bertz CT molecular complexity index is 1180. The summed E-state index contributed by atoms with van der Waals surface area (Å²) in [5, 5.41) is 3.46. The van der Waals surface area contributed by atoms with Gasteiger partial charge in [0.25, 0.3) is 0 Å². The van der Waals surface area contributed by atoms with Gasteiger partial charge in [0.2, 0.25) is 0 Å². The molecule has 0 saturated carbocycles. The van der Waals surface area contributed by atoms with Crippen LogP contribution in [0.2, 0.25) is 0 Å². The van der Waals surface area contributed by atoms with Crippen LogP contribution in [-0.2, 0) is 16.2 Å². The second kappa shape index (κ2) is 9.41. The van der Waals surface area contributed by atoms with Gasteiger partial charge in [0.15, 0.2) is 23.1 Å². The molecule has 0 amide bonds. The van der Waals surface area contributed by atoms with Crippen LogP contribution >= 0.6 is 15.9 Å². The Morgan fingerprint density at radius 1 is 0.941 bits per heavy atom. The Morgan fingerprint density at radius 3 is 2.15 bits per heavy atom. The summed E-state index contributed by atoms with van der Waals surface area (Å²) in [5.41, 5.74) is 6.57. The molecule has 5 nitrogen and oxygen atoms in total. The number of halogens is 1. The SMILES string of the molecule is COc1cc(C2C3=C(CCCC3=O)NC3=C2C(=O)CCC3)cc(Br)c1OCc1ccc(C)cc1. The molecule has 0 saturated heterocycles. The van der Waals surface area contributed by atoms with Crippen molar-refractivity contribution in [3.05, 3.63) is 80.1 Å². The number of hydrogen-bond acceptors (Lipinski definition) is 5. The van der Waals surface area contributed by atoms with Gasteiger partial charge < -0.3 is 14.8 Å².